The van der Waals surface area contributed by atoms with E-state index in [9.17, 15) is 9.59 Å². The first-order valence-electron chi connectivity index (χ1n) is 7.48. The lowest BCUT2D eigenvalue weighted by Gasteiger charge is -2.16. The molecular formula is C17H21N3O3. The first-order chi connectivity index (χ1) is 10.8. The van der Waals surface area contributed by atoms with Gasteiger partial charge in [-0.1, -0.05) is 6.07 Å². The van der Waals surface area contributed by atoms with E-state index >= 15 is 0 Å². The van der Waals surface area contributed by atoms with E-state index < -0.39 is 5.97 Å². The smallest absolute Gasteiger partial charge is 0.323 e. The fourth-order valence-electron chi connectivity index (χ4n) is 2.57. The number of nitrogens with zero attached hydrogens (tertiary/aromatic N) is 3. The van der Waals surface area contributed by atoms with Crippen molar-refractivity contribution < 1.29 is 14.7 Å². The maximum absolute atomic E-state index is 12.4. The third-order valence-corrected chi connectivity index (χ3v) is 3.55. The molecule has 122 valence electrons. The second kappa shape index (κ2) is 6.64. The number of aliphatic carboxylic acids is 1. The summed E-state index contributed by atoms with van der Waals surface area (Å²) >= 11 is 0. The van der Waals surface area contributed by atoms with Gasteiger partial charge in [-0.05, 0) is 57.0 Å². The highest BCUT2D eigenvalue weighted by atomic mass is 16.4. The van der Waals surface area contributed by atoms with Crippen LogP contribution in [0, 0.1) is 20.8 Å². The average Bonchev–Trinajstić information content (AvgIpc) is 2.84. The molecule has 0 radical (unpaired) electrons. The second-order valence-electron chi connectivity index (χ2n) is 5.64. The van der Waals surface area contributed by atoms with Gasteiger partial charge in [0.05, 0.1) is 5.69 Å². The Morgan fingerprint density at radius 2 is 1.74 bits per heavy atom. The number of hydrogen-bond donors (Lipinski definition) is 1. The van der Waals surface area contributed by atoms with Gasteiger partial charge in [0, 0.05) is 12.2 Å². The topological polar surface area (TPSA) is 75.4 Å². The summed E-state index contributed by atoms with van der Waals surface area (Å²) in [5.41, 5.74) is 4.20. The summed E-state index contributed by atoms with van der Waals surface area (Å²) in [6.45, 7) is 7.62. The molecule has 1 amide bonds. The van der Waals surface area contributed by atoms with Crippen molar-refractivity contribution in [3.8, 4) is 5.69 Å². The molecule has 1 aromatic heterocycles. The summed E-state index contributed by atoms with van der Waals surface area (Å²) in [7, 11) is 0. The number of hydrogen-bond acceptors (Lipinski definition) is 3. The Labute approximate surface area is 135 Å². The van der Waals surface area contributed by atoms with Gasteiger partial charge >= 0.3 is 5.97 Å². The van der Waals surface area contributed by atoms with E-state index in [0.717, 1.165) is 22.5 Å². The van der Waals surface area contributed by atoms with Gasteiger partial charge in [0.1, 0.15) is 6.54 Å². The van der Waals surface area contributed by atoms with Crippen LogP contribution in [0.3, 0.4) is 0 Å². The molecule has 0 bridgehead atoms. The van der Waals surface area contributed by atoms with Crippen molar-refractivity contribution >= 4 is 11.9 Å². The minimum atomic E-state index is -1.04. The molecule has 2 rings (SSSR count). The minimum Gasteiger partial charge on any atom is -0.480 e. The summed E-state index contributed by atoms with van der Waals surface area (Å²) in [6, 6.07) is 7.75. The van der Waals surface area contributed by atoms with E-state index in [4.69, 9.17) is 5.11 Å². The Morgan fingerprint density at radius 1 is 1.13 bits per heavy atom. The second-order valence-corrected chi connectivity index (χ2v) is 5.64. The van der Waals surface area contributed by atoms with Gasteiger partial charge < -0.3 is 10.0 Å². The monoisotopic (exact) mass is 315 g/mol. The highest BCUT2D eigenvalue weighted by Crippen LogP contribution is 2.17. The van der Waals surface area contributed by atoms with Gasteiger partial charge in [0.15, 0.2) is 5.69 Å². The van der Waals surface area contributed by atoms with E-state index in [1.165, 1.54) is 4.90 Å². The van der Waals surface area contributed by atoms with Crippen molar-refractivity contribution in [3.63, 3.8) is 0 Å². The molecule has 0 saturated heterocycles. The van der Waals surface area contributed by atoms with Crippen LogP contribution < -0.4 is 0 Å². The van der Waals surface area contributed by atoms with Gasteiger partial charge in [0.2, 0.25) is 0 Å². The first-order valence-corrected chi connectivity index (χ1v) is 7.48. The molecule has 1 N–H and O–H groups in total. The number of amides is 1. The average molecular weight is 315 g/mol. The standard InChI is InChI=1S/C17H21N3O3/c1-5-19(10-16(21)22)17(23)15-9-13(4)20(18-15)14-7-11(2)6-12(3)8-14/h6-9H,5,10H2,1-4H3,(H,21,22). The lowest BCUT2D eigenvalue weighted by Crippen LogP contribution is -2.35. The third-order valence-electron chi connectivity index (χ3n) is 3.55. The van der Waals surface area contributed by atoms with Crippen molar-refractivity contribution in [2.24, 2.45) is 0 Å². The molecule has 6 nitrogen and oxygen atoms in total. The molecule has 2 aromatic rings. The predicted octanol–water partition coefficient (Wildman–Crippen LogP) is 2.34. The summed E-state index contributed by atoms with van der Waals surface area (Å²) in [4.78, 5) is 24.5. The molecule has 0 spiro atoms. The normalized spacial score (nSPS) is 10.6. The maximum atomic E-state index is 12.4. The predicted molar refractivity (Wildman–Crippen MR) is 87.0 cm³/mol. The molecule has 23 heavy (non-hydrogen) atoms. The molecule has 0 fully saturated rings. The van der Waals surface area contributed by atoms with Crippen molar-refractivity contribution in [3.05, 3.63) is 46.8 Å². The molecule has 0 unspecified atom stereocenters. The molecular weight excluding hydrogens is 294 g/mol. The number of carbonyl (C=O) groups excluding carboxylic acids is 1. The molecule has 1 aromatic carbocycles. The summed E-state index contributed by atoms with van der Waals surface area (Å²) in [5, 5.41) is 13.3. The Morgan fingerprint density at radius 3 is 2.26 bits per heavy atom. The van der Waals surface area contributed by atoms with Crippen LogP contribution in [0.5, 0.6) is 0 Å². The largest absolute Gasteiger partial charge is 0.480 e. The van der Waals surface area contributed by atoms with Gasteiger partial charge in [0.25, 0.3) is 5.91 Å². The number of carboxylic acids is 1. The van der Waals surface area contributed by atoms with Gasteiger partial charge in [-0.2, -0.15) is 5.10 Å². The number of benzene rings is 1. The van der Waals surface area contributed by atoms with Crippen LogP contribution in [-0.4, -0.2) is 44.8 Å². The quantitative estimate of drug-likeness (QED) is 0.919. The molecule has 0 atom stereocenters. The number of aryl methyl sites for hydroxylation is 3. The molecule has 0 aliphatic carbocycles. The van der Waals surface area contributed by atoms with E-state index in [-0.39, 0.29) is 18.1 Å². The van der Waals surface area contributed by atoms with E-state index in [2.05, 4.69) is 11.2 Å². The first kappa shape index (κ1) is 16.7. The van der Waals surface area contributed by atoms with Crippen LogP contribution in [0.1, 0.15) is 34.2 Å². The van der Waals surface area contributed by atoms with Crippen LogP contribution in [0.2, 0.25) is 0 Å². The highest BCUT2D eigenvalue weighted by Gasteiger charge is 2.20. The SMILES string of the molecule is CCN(CC(=O)O)C(=O)c1cc(C)n(-c2cc(C)cc(C)c2)n1. The highest BCUT2D eigenvalue weighted by molar-refractivity contribution is 5.94. The zero-order valence-corrected chi connectivity index (χ0v) is 13.8. The van der Waals surface area contributed by atoms with Crippen LogP contribution in [0.25, 0.3) is 5.69 Å². The number of rotatable bonds is 5. The van der Waals surface area contributed by atoms with Crippen molar-refractivity contribution in [2.45, 2.75) is 27.7 Å². The lowest BCUT2D eigenvalue weighted by molar-refractivity contribution is -0.137. The third kappa shape index (κ3) is 3.77. The zero-order chi connectivity index (χ0) is 17.1. The Balaban J connectivity index is 2.37. The maximum Gasteiger partial charge on any atom is 0.323 e. The molecule has 6 heteroatoms. The van der Waals surface area contributed by atoms with Crippen LogP contribution in [0.15, 0.2) is 24.3 Å². The molecule has 0 aliphatic rings. The summed E-state index contributed by atoms with van der Waals surface area (Å²) in [5.74, 6) is -1.41. The van der Waals surface area contributed by atoms with E-state index in [1.54, 1.807) is 17.7 Å². The number of carboxylic acid groups (broad SMARTS) is 1. The Bertz CT molecular complexity index is 729. The number of carbonyl (C=O) groups is 2. The van der Waals surface area contributed by atoms with Crippen molar-refractivity contribution in [1.82, 2.24) is 14.7 Å². The van der Waals surface area contributed by atoms with E-state index in [1.807, 2.05) is 32.9 Å². The van der Waals surface area contributed by atoms with Gasteiger partial charge in [-0.25, -0.2) is 4.68 Å². The van der Waals surface area contributed by atoms with Crippen molar-refractivity contribution in [1.29, 1.82) is 0 Å². The summed E-state index contributed by atoms with van der Waals surface area (Å²) in [6.07, 6.45) is 0. The fraction of sp³-hybridized carbons (Fsp3) is 0.353. The summed E-state index contributed by atoms with van der Waals surface area (Å²) < 4.78 is 1.71. The number of likely N-dealkylation sites (N-methyl/N-ethyl adjacent to an activating group) is 1. The Hall–Kier alpha value is -2.63. The molecule has 0 aliphatic heterocycles. The Kier molecular flexibility index (Phi) is 4.83. The van der Waals surface area contributed by atoms with Gasteiger partial charge in [-0.3, -0.25) is 9.59 Å². The van der Waals surface area contributed by atoms with Gasteiger partial charge in [-0.15, -0.1) is 0 Å². The van der Waals surface area contributed by atoms with Crippen molar-refractivity contribution in [2.75, 3.05) is 13.1 Å². The minimum absolute atomic E-state index is 0.254. The lowest BCUT2D eigenvalue weighted by atomic mass is 10.1. The van der Waals surface area contributed by atoms with Crippen LogP contribution in [0.4, 0.5) is 0 Å². The van der Waals surface area contributed by atoms with Crippen LogP contribution in [-0.2, 0) is 4.79 Å². The molecule has 0 saturated carbocycles. The molecule has 1 heterocycles. The van der Waals surface area contributed by atoms with Crippen LogP contribution >= 0.6 is 0 Å². The zero-order valence-electron chi connectivity index (χ0n) is 13.8. The number of aromatic nitrogens is 2. The fourth-order valence-corrected chi connectivity index (χ4v) is 2.57. The van der Waals surface area contributed by atoms with E-state index in [0.29, 0.717) is 6.54 Å².